The molecule has 5 heteroatoms. The van der Waals surface area contributed by atoms with Gasteiger partial charge >= 0.3 is 0 Å². The molecule has 0 unspecified atom stereocenters. The molecule has 0 fully saturated rings. The van der Waals surface area contributed by atoms with E-state index in [1.165, 1.54) is 21.3 Å². The third kappa shape index (κ3) is 2.18. The fourth-order valence-corrected chi connectivity index (χ4v) is 1.36. The van der Waals surface area contributed by atoms with Gasteiger partial charge in [-0.05, 0) is 6.07 Å². The number of carbonyl (C=O) groups excluding carboxylic acids is 1. The molecule has 0 spiro atoms. The average molecular weight is 225 g/mol. The number of carbonyl (C=O) groups is 1. The van der Waals surface area contributed by atoms with Gasteiger partial charge in [-0.25, -0.2) is 0 Å². The lowest BCUT2D eigenvalue weighted by Gasteiger charge is -2.13. The zero-order valence-corrected chi connectivity index (χ0v) is 9.79. The van der Waals surface area contributed by atoms with Crippen LogP contribution in [0.2, 0.25) is 0 Å². The molecule has 16 heavy (non-hydrogen) atoms. The Morgan fingerprint density at radius 2 is 1.81 bits per heavy atom. The normalized spacial score (nSPS) is 9.50. The van der Waals surface area contributed by atoms with Crippen LogP contribution in [0.1, 0.15) is 10.4 Å². The number of nitrogens with one attached hydrogen (secondary N) is 1. The van der Waals surface area contributed by atoms with E-state index in [0.29, 0.717) is 22.8 Å². The highest BCUT2D eigenvalue weighted by molar-refractivity contribution is 5.98. The molecule has 0 saturated carbocycles. The second-order valence-electron chi connectivity index (χ2n) is 2.99. The van der Waals surface area contributed by atoms with E-state index in [-0.39, 0.29) is 5.91 Å². The van der Waals surface area contributed by atoms with E-state index >= 15 is 0 Å². The third-order valence-electron chi connectivity index (χ3n) is 2.16. The minimum absolute atomic E-state index is 0.256. The highest BCUT2D eigenvalue weighted by atomic mass is 16.5. The van der Waals surface area contributed by atoms with Gasteiger partial charge in [0.15, 0.2) is 11.5 Å². The van der Waals surface area contributed by atoms with Gasteiger partial charge in [0.2, 0.25) is 0 Å². The summed E-state index contributed by atoms with van der Waals surface area (Å²) in [5, 5.41) is 2.53. The summed E-state index contributed by atoms with van der Waals surface area (Å²) in [4.78, 5) is 11.6. The van der Waals surface area contributed by atoms with E-state index in [0.717, 1.165) is 0 Å². The zero-order valence-electron chi connectivity index (χ0n) is 9.79. The van der Waals surface area contributed by atoms with Crippen LogP contribution in [-0.4, -0.2) is 34.3 Å². The van der Waals surface area contributed by atoms with Gasteiger partial charge < -0.3 is 19.5 Å². The van der Waals surface area contributed by atoms with E-state index in [9.17, 15) is 4.79 Å². The van der Waals surface area contributed by atoms with Crippen LogP contribution in [0.4, 0.5) is 0 Å². The minimum atomic E-state index is -0.256. The highest BCUT2D eigenvalue weighted by Gasteiger charge is 2.17. The molecule has 0 heterocycles. The molecule has 1 aromatic carbocycles. The van der Waals surface area contributed by atoms with E-state index < -0.39 is 0 Å². The lowest BCUT2D eigenvalue weighted by Crippen LogP contribution is -2.19. The Hall–Kier alpha value is -1.91. The fourth-order valence-electron chi connectivity index (χ4n) is 1.36. The van der Waals surface area contributed by atoms with Crippen LogP contribution in [0.3, 0.4) is 0 Å². The molecule has 5 nitrogen and oxygen atoms in total. The maximum absolute atomic E-state index is 11.6. The first-order chi connectivity index (χ1) is 7.67. The standard InChI is InChI=1S/C11H15NO4/c1-12-11(13)8-5-7(14-2)6-9(15-3)10(8)16-4/h5-6H,1-4H3,(H,12,13). The lowest BCUT2D eigenvalue weighted by atomic mass is 10.1. The van der Waals surface area contributed by atoms with Crippen LogP contribution >= 0.6 is 0 Å². The van der Waals surface area contributed by atoms with Gasteiger partial charge in [0.05, 0.1) is 26.9 Å². The van der Waals surface area contributed by atoms with Crippen molar-refractivity contribution in [3.8, 4) is 17.2 Å². The Labute approximate surface area is 94.3 Å². The first-order valence-corrected chi connectivity index (χ1v) is 4.70. The summed E-state index contributed by atoms with van der Waals surface area (Å²) in [5.41, 5.74) is 0.376. The van der Waals surface area contributed by atoms with E-state index in [4.69, 9.17) is 14.2 Å². The van der Waals surface area contributed by atoms with Crippen LogP contribution in [-0.2, 0) is 0 Å². The molecular weight excluding hydrogens is 210 g/mol. The van der Waals surface area contributed by atoms with Crippen molar-refractivity contribution in [2.45, 2.75) is 0 Å². The molecule has 0 radical (unpaired) electrons. The Balaban J connectivity index is 3.36. The number of benzene rings is 1. The van der Waals surface area contributed by atoms with Crippen molar-refractivity contribution in [3.05, 3.63) is 17.7 Å². The number of amides is 1. The average Bonchev–Trinajstić information content (AvgIpc) is 2.35. The van der Waals surface area contributed by atoms with Crippen molar-refractivity contribution in [1.82, 2.24) is 5.32 Å². The maximum Gasteiger partial charge on any atom is 0.255 e. The van der Waals surface area contributed by atoms with Crippen molar-refractivity contribution in [2.75, 3.05) is 28.4 Å². The number of methoxy groups -OCH3 is 3. The summed E-state index contributed by atoms with van der Waals surface area (Å²) >= 11 is 0. The van der Waals surface area contributed by atoms with Crippen LogP contribution in [0.25, 0.3) is 0 Å². The topological polar surface area (TPSA) is 56.8 Å². The fraction of sp³-hybridized carbons (Fsp3) is 0.364. The van der Waals surface area contributed by atoms with Crippen LogP contribution in [0.5, 0.6) is 17.2 Å². The number of ether oxygens (including phenoxy) is 3. The third-order valence-corrected chi connectivity index (χ3v) is 2.16. The second kappa shape index (κ2) is 5.25. The Bertz CT molecular complexity index is 390. The van der Waals surface area contributed by atoms with Crippen LogP contribution < -0.4 is 19.5 Å². The predicted octanol–water partition coefficient (Wildman–Crippen LogP) is 1.07. The van der Waals surface area contributed by atoms with Crippen LogP contribution in [0.15, 0.2) is 12.1 Å². The molecule has 88 valence electrons. The van der Waals surface area contributed by atoms with E-state index in [1.54, 1.807) is 19.2 Å². The van der Waals surface area contributed by atoms with Crippen molar-refractivity contribution in [2.24, 2.45) is 0 Å². The molecule has 0 aliphatic rings. The molecule has 0 aromatic heterocycles. The Morgan fingerprint density at radius 1 is 1.12 bits per heavy atom. The summed E-state index contributed by atoms with van der Waals surface area (Å²) in [5.74, 6) is 1.13. The molecule has 0 bridgehead atoms. The number of rotatable bonds is 4. The van der Waals surface area contributed by atoms with Crippen molar-refractivity contribution < 1.29 is 19.0 Å². The van der Waals surface area contributed by atoms with E-state index in [1.807, 2.05) is 0 Å². The minimum Gasteiger partial charge on any atom is -0.497 e. The smallest absolute Gasteiger partial charge is 0.255 e. The second-order valence-corrected chi connectivity index (χ2v) is 2.99. The number of hydrogen-bond donors (Lipinski definition) is 1. The van der Waals surface area contributed by atoms with Crippen molar-refractivity contribution in [3.63, 3.8) is 0 Å². The summed E-state index contributed by atoms with van der Waals surface area (Å²) in [6.07, 6.45) is 0. The van der Waals surface area contributed by atoms with Crippen LogP contribution in [0, 0.1) is 0 Å². The monoisotopic (exact) mass is 225 g/mol. The lowest BCUT2D eigenvalue weighted by molar-refractivity contribution is 0.0959. The van der Waals surface area contributed by atoms with Crippen molar-refractivity contribution in [1.29, 1.82) is 0 Å². The van der Waals surface area contributed by atoms with Gasteiger partial charge in [0.1, 0.15) is 5.75 Å². The SMILES string of the molecule is CNC(=O)c1cc(OC)cc(OC)c1OC. The molecular formula is C11H15NO4. The molecule has 1 rings (SSSR count). The zero-order chi connectivity index (χ0) is 12.1. The summed E-state index contributed by atoms with van der Waals surface area (Å²) in [6, 6.07) is 3.26. The molecule has 0 aliphatic carbocycles. The largest absolute Gasteiger partial charge is 0.497 e. The molecule has 0 aliphatic heterocycles. The Kier molecular flexibility index (Phi) is 3.99. The first-order valence-electron chi connectivity index (χ1n) is 4.70. The summed E-state index contributed by atoms with van der Waals surface area (Å²) in [6.45, 7) is 0. The van der Waals surface area contributed by atoms with Gasteiger partial charge in [-0.1, -0.05) is 0 Å². The van der Waals surface area contributed by atoms with Gasteiger partial charge in [0.25, 0.3) is 5.91 Å². The Morgan fingerprint density at radius 3 is 2.25 bits per heavy atom. The molecule has 1 aromatic rings. The highest BCUT2D eigenvalue weighted by Crippen LogP contribution is 2.35. The summed E-state index contributed by atoms with van der Waals surface area (Å²) < 4.78 is 15.4. The molecule has 1 N–H and O–H groups in total. The number of hydrogen-bond acceptors (Lipinski definition) is 4. The molecule has 0 atom stereocenters. The van der Waals surface area contributed by atoms with Gasteiger partial charge in [-0.3, -0.25) is 4.79 Å². The van der Waals surface area contributed by atoms with Gasteiger partial charge in [-0.2, -0.15) is 0 Å². The van der Waals surface area contributed by atoms with Crippen molar-refractivity contribution >= 4 is 5.91 Å². The molecule has 1 amide bonds. The molecule has 0 saturated heterocycles. The quantitative estimate of drug-likeness (QED) is 0.832. The predicted molar refractivity (Wildman–Crippen MR) is 59.5 cm³/mol. The summed E-state index contributed by atoms with van der Waals surface area (Å²) in [7, 11) is 6.06. The van der Waals surface area contributed by atoms with E-state index in [2.05, 4.69) is 5.32 Å². The first kappa shape index (κ1) is 12.2. The van der Waals surface area contributed by atoms with Gasteiger partial charge in [0, 0.05) is 13.1 Å². The maximum atomic E-state index is 11.6. The van der Waals surface area contributed by atoms with Gasteiger partial charge in [-0.15, -0.1) is 0 Å².